The fraction of sp³-hybridized carbons (Fsp3) is 0.348. The molecular weight excluding hydrogens is 478 g/mol. The predicted molar refractivity (Wildman–Crippen MR) is 125 cm³/mol. The Labute approximate surface area is 193 Å². The van der Waals surface area contributed by atoms with Crippen molar-refractivity contribution in [2.45, 2.75) is 24.9 Å². The minimum Gasteiger partial charge on any atom is -0.324 e. The van der Waals surface area contributed by atoms with E-state index >= 15 is 0 Å². The molecule has 6 nitrogen and oxygen atoms in total. The van der Waals surface area contributed by atoms with Crippen LogP contribution in [0.5, 0.6) is 0 Å². The number of fused-ring (bicyclic) bond motifs is 4. The van der Waals surface area contributed by atoms with E-state index in [1.54, 1.807) is 17.8 Å². The van der Waals surface area contributed by atoms with E-state index in [2.05, 4.69) is 26.6 Å². The smallest absolute Gasteiger partial charge is 0.250 e. The SMILES string of the molecule is CSCC[C@@H]1N[C@]2(C(=O)Nc3ccccc32)[C@@H]2C(=O)N(c3ccc(C)cc3Br)C(=O)[C@H]12. The number of amides is 3. The van der Waals surface area contributed by atoms with E-state index < -0.39 is 17.4 Å². The van der Waals surface area contributed by atoms with Crippen molar-refractivity contribution in [2.24, 2.45) is 11.8 Å². The van der Waals surface area contributed by atoms with Crippen LogP contribution in [-0.2, 0) is 19.9 Å². The van der Waals surface area contributed by atoms with Crippen LogP contribution in [0.15, 0.2) is 46.9 Å². The van der Waals surface area contributed by atoms with Gasteiger partial charge in [0.25, 0.3) is 0 Å². The summed E-state index contributed by atoms with van der Waals surface area (Å²) < 4.78 is 0.688. The van der Waals surface area contributed by atoms with Gasteiger partial charge in [-0.2, -0.15) is 11.8 Å². The van der Waals surface area contributed by atoms with Crippen molar-refractivity contribution in [3.8, 4) is 0 Å². The Kier molecular flexibility index (Phi) is 4.99. The molecule has 31 heavy (non-hydrogen) atoms. The first-order chi connectivity index (χ1) is 14.9. The standard InChI is InChI=1S/C23H22BrN3O3S/c1-12-7-8-17(14(24)11-12)27-20(28)18-16(9-10-31-2)26-23(19(18)21(27)29)13-5-3-4-6-15(13)25-22(23)30/h3-8,11,16,18-19,26H,9-10H2,1-2H3,(H,25,30)/t16-,18+,19-,23-/m0/s1. The molecule has 2 saturated heterocycles. The zero-order chi connectivity index (χ0) is 21.9. The summed E-state index contributed by atoms with van der Waals surface area (Å²) >= 11 is 5.20. The van der Waals surface area contributed by atoms with Gasteiger partial charge in [-0.25, -0.2) is 4.90 Å². The number of para-hydroxylation sites is 1. The summed E-state index contributed by atoms with van der Waals surface area (Å²) in [5, 5.41) is 6.39. The molecule has 0 unspecified atom stereocenters. The largest absolute Gasteiger partial charge is 0.324 e. The summed E-state index contributed by atoms with van der Waals surface area (Å²) in [6, 6.07) is 12.7. The molecule has 2 aromatic rings. The van der Waals surface area contributed by atoms with E-state index in [-0.39, 0.29) is 23.8 Å². The molecule has 2 N–H and O–H groups in total. The van der Waals surface area contributed by atoms with Crippen LogP contribution in [0.2, 0.25) is 0 Å². The number of hydrogen-bond acceptors (Lipinski definition) is 5. The molecule has 3 aliphatic rings. The molecule has 5 rings (SSSR count). The second kappa shape index (κ2) is 7.46. The van der Waals surface area contributed by atoms with Crippen LogP contribution in [0.25, 0.3) is 0 Å². The molecule has 0 aliphatic carbocycles. The number of hydrogen-bond donors (Lipinski definition) is 2. The van der Waals surface area contributed by atoms with Crippen LogP contribution in [0, 0.1) is 18.8 Å². The molecule has 2 aromatic carbocycles. The fourth-order valence-corrected chi connectivity index (χ4v) is 6.44. The van der Waals surface area contributed by atoms with Gasteiger partial charge in [-0.05, 0) is 65.0 Å². The molecule has 0 radical (unpaired) electrons. The van der Waals surface area contributed by atoms with Gasteiger partial charge in [0.15, 0.2) is 0 Å². The zero-order valence-corrected chi connectivity index (χ0v) is 19.5. The highest BCUT2D eigenvalue weighted by Gasteiger charge is 2.70. The monoisotopic (exact) mass is 499 g/mol. The highest BCUT2D eigenvalue weighted by atomic mass is 79.9. The molecule has 1 spiro atoms. The second-order valence-electron chi connectivity index (χ2n) is 8.31. The van der Waals surface area contributed by atoms with Crippen LogP contribution in [0.4, 0.5) is 11.4 Å². The Morgan fingerprint density at radius 3 is 2.65 bits per heavy atom. The Morgan fingerprint density at radius 1 is 1.13 bits per heavy atom. The quantitative estimate of drug-likeness (QED) is 0.630. The Bertz CT molecular complexity index is 1120. The van der Waals surface area contributed by atoms with Crippen LogP contribution < -0.4 is 15.5 Å². The van der Waals surface area contributed by atoms with Crippen molar-refractivity contribution in [1.82, 2.24) is 5.32 Å². The third-order valence-electron chi connectivity index (χ3n) is 6.60. The van der Waals surface area contributed by atoms with Gasteiger partial charge in [0.2, 0.25) is 17.7 Å². The second-order valence-corrected chi connectivity index (χ2v) is 10.2. The number of anilines is 2. The molecule has 3 aliphatic heterocycles. The molecule has 0 bridgehead atoms. The van der Waals surface area contributed by atoms with Gasteiger partial charge in [0.05, 0.1) is 17.5 Å². The third-order valence-corrected chi connectivity index (χ3v) is 7.88. The number of carbonyl (C=O) groups is 3. The summed E-state index contributed by atoms with van der Waals surface area (Å²) in [6.07, 6.45) is 2.71. The average Bonchev–Trinajstić information content (AvgIpc) is 3.32. The maximum Gasteiger partial charge on any atom is 0.250 e. The fourth-order valence-electron chi connectivity index (χ4n) is 5.28. The minimum atomic E-state index is -1.23. The van der Waals surface area contributed by atoms with Gasteiger partial charge in [0.1, 0.15) is 5.54 Å². The molecule has 0 aromatic heterocycles. The van der Waals surface area contributed by atoms with Gasteiger partial charge in [-0.1, -0.05) is 24.3 Å². The summed E-state index contributed by atoms with van der Waals surface area (Å²) in [5.74, 6) is -1.39. The first-order valence-electron chi connectivity index (χ1n) is 10.2. The van der Waals surface area contributed by atoms with Gasteiger partial charge >= 0.3 is 0 Å². The highest BCUT2D eigenvalue weighted by Crippen LogP contribution is 2.54. The lowest BCUT2D eigenvalue weighted by molar-refractivity contribution is -0.130. The summed E-state index contributed by atoms with van der Waals surface area (Å²) in [5.41, 5.74) is 1.76. The number of rotatable bonds is 4. The lowest BCUT2D eigenvalue weighted by Gasteiger charge is -2.29. The van der Waals surface area contributed by atoms with Crippen molar-refractivity contribution < 1.29 is 14.4 Å². The van der Waals surface area contributed by atoms with E-state index in [0.717, 1.165) is 16.9 Å². The van der Waals surface area contributed by atoms with Crippen molar-refractivity contribution >= 4 is 56.8 Å². The topological polar surface area (TPSA) is 78.5 Å². The summed E-state index contributed by atoms with van der Waals surface area (Å²) in [6.45, 7) is 1.95. The zero-order valence-electron chi connectivity index (χ0n) is 17.1. The Balaban J connectivity index is 1.66. The lowest BCUT2D eigenvalue weighted by atomic mass is 9.76. The number of nitrogens with one attached hydrogen (secondary N) is 2. The normalized spacial score (nSPS) is 28.9. The van der Waals surface area contributed by atoms with Crippen molar-refractivity contribution in [3.63, 3.8) is 0 Å². The van der Waals surface area contributed by atoms with Gasteiger partial charge in [0, 0.05) is 21.8 Å². The molecule has 4 atom stereocenters. The number of nitrogens with zero attached hydrogens (tertiary/aromatic N) is 1. The summed E-state index contributed by atoms with van der Waals surface area (Å²) in [7, 11) is 0. The minimum absolute atomic E-state index is 0.243. The third kappa shape index (κ3) is 2.84. The molecule has 3 heterocycles. The Morgan fingerprint density at radius 2 is 1.90 bits per heavy atom. The number of thioether (sulfide) groups is 1. The van der Waals surface area contributed by atoms with Gasteiger partial charge in [-0.3, -0.25) is 19.7 Å². The number of carbonyl (C=O) groups excluding carboxylic acids is 3. The van der Waals surface area contributed by atoms with Crippen LogP contribution in [0.1, 0.15) is 17.5 Å². The molecule has 2 fully saturated rings. The predicted octanol–water partition coefficient (Wildman–Crippen LogP) is 3.44. The molecule has 8 heteroatoms. The first-order valence-corrected chi connectivity index (χ1v) is 12.4. The average molecular weight is 500 g/mol. The van der Waals surface area contributed by atoms with E-state index in [1.165, 1.54) is 4.90 Å². The maximum absolute atomic E-state index is 13.8. The van der Waals surface area contributed by atoms with Crippen LogP contribution >= 0.6 is 27.7 Å². The molecular formula is C23H22BrN3O3S. The highest BCUT2D eigenvalue weighted by molar-refractivity contribution is 9.10. The lowest BCUT2D eigenvalue weighted by Crippen LogP contribution is -2.53. The van der Waals surface area contributed by atoms with Crippen molar-refractivity contribution in [2.75, 3.05) is 22.2 Å². The number of aryl methyl sites for hydroxylation is 1. The molecule has 160 valence electrons. The van der Waals surface area contributed by atoms with Crippen LogP contribution in [-0.4, -0.2) is 35.8 Å². The summed E-state index contributed by atoms with van der Waals surface area (Å²) in [4.78, 5) is 42.1. The van der Waals surface area contributed by atoms with Crippen molar-refractivity contribution in [3.05, 3.63) is 58.1 Å². The Hall–Kier alpha value is -2.16. The number of benzene rings is 2. The molecule has 0 saturated carbocycles. The molecule has 3 amide bonds. The maximum atomic E-state index is 13.8. The van der Waals surface area contributed by atoms with E-state index in [0.29, 0.717) is 22.3 Å². The van der Waals surface area contributed by atoms with Crippen LogP contribution in [0.3, 0.4) is 0 Å². The van der Waals surface area contributed by atoms with E-state index in [1.807, 2.05) is 49.6 Å². The number of imide groups is 1. The number of halogens is 1. The first kappa shape index (κ1) is 20.7. The van der Waals surface area contributed by atoms with E-state index in [9.17, 15) is 14.4 Å². The van der Waals surface area contributed by atoms with Gasteiger partial charge < -0.3 is 5.32 Å². The van der Waals surface area contributed by atoms with Gasteiger partial charge in [-0.15, -0.1) is 0 Å². The van der Waals surface area contributed by atoms with Crippen molar-refractivity contribution in [1.29, 1.82) is 0 Å². The van der Waals surface area contributed by atoms with E-state index in [4.69, 9.17) is 0 Å².